The van der Waals surface area contributed by atoms with Crippen LogP contribution in [0.5, 0.6) is 5.75 Å². The Morgan fingerprint density at radius 1 is 1.22 bits per heavy atom. The summed E-state index contributed by atoms with van der Waals surface area (Å²) >= 11 is 0. The minimum Gasteiger partial charge on any atom is -0.495 e. The molecule has 1 amide bonds. The van der Waals surface area contributed by atoms with E-state index in [2.05, 4.69) is 15.6 Å². The Hall–Kier alpha value is -3.42. The molecule has 27 heavy (non-hydrogen) atoms. The van der Waals surface area contributed by atoms with E-state index in [9.17, 15) is 9.59 Å². The average molecular weight is 367 g/mol. The summed E-state index contributed by atoms with van der Waals surface area (Å²) in [4.78, 5) is 25.6. The molecule has 0 saturated heterocycles. The zero-order valence-electron chi connectivity index (χ0n) is 15.5. The van der Waals surface area contributed by atoms with Gasteiger partial charge in [-0.3, -0.25) is 18.8 Å². The van der Waals surface area contributed by atoms with E-state index in [4.69, 9.17) is 4.74 Å². The van der Waals surface area contributed by atoms with E-state index in [0.29, 0.717) is 30.1 Å². The number of benzene rings is 1. The van der Waals surface area contributed by atoms with Crippen LogP contribution in [0.15, 0.2) is 47.5 Å². The quantitative estimate of drug-likeness (QED) is 0.713. The first kappa shape index (κ1) is 18.4. The standard InChI is InChI=1S/C19H21N5O3/c1-13-8-10-24(15-6-4-5-7-16(15)27-3)19(26)17(13)18(25)20-9-11-23-12-14(2)21-22-23/h4-8,10,12H,9,11H2,1-3H3,(H,20,25). The molecular formula is C19H21N5O3. The Kier molecular flexibility index (Phi) is 5.35. The number of pyridine rings is 1. The number of nitrogens with zero attached hydrogens (tertiary/aromatic N) is 4. The molecule has 0 aliphatic carbocycles. The van der Waals surface area contributed by atoms with Crippen LogP contribution in [0.25, 0.3) is 5.69 Å². The van der Waals surface area contributed by atoms with Crippen molar-refractivity contribution in [1.29, 1.82) is 0 Å². The largest absolute Gasteiger partial charge is 0.495 e. The summed E-state index contributed by atoms with van der Waals surface area (Å²) in [5.41, 5.74) is 1.71. The number of rotatable bonds is 6. The third-order valence-corrected chi connectivity index (χ3v) is 4.15. The highest BCUT2D eigenvalue weighted by Crippen LogP contribution is 2.21. The van der Waals surface area contributed by atoms with Crippen LogP contribution < -0.4 is 15.6 Å². The molecule has 0 fully saturated rings. The number of para-hydroxylation sites is 2. The number of aryl methyl sites for hydroxylation is 2. The third kappa shape index (κ3) is 3.89. The van der Waals surface area contributed by atoms with Crippen LogP contribution in [-0.2, 0) is 6.54 Å². The number of nitrogens with one attached hydrogen (secondary N) is 1. The minimum absolute atomic E-state index is 0.109. The maximum Gasteiger partial charge on any atom is 0.268 e. The molecule has 0 atom stereocenters. The van der Waals surface area contributed by atoms with Crippen molar-refractivity contribution in [1.82, 2.24) is 24.9 Å². The van der Waals surface area contributed by atoms with Gasteiger partial charge in [0.05, 0.1) is 25.0 Å². The van der Waals surface area contributed by atoms with Crippen LogP contribution in [0.2, 0.25) is 0 Å². The molecule has 2 heterocycles. The second-order valence-electron chi connectivity index (χ2n) is 6.10. The molecule has 3 aromatic rings. The van der Waals surface area contributed by atoms with Gasteiger partial charge in [0.1, 0.15) is 11.3 Å². The summed E-state index contributed by atoms with van der Waals surface area (Å²) in [5.74, 6) is 0.134. The first-order valence-corrected chi connectivity index (χ1v) is 8.52. The predicted molar refractivity (Wildman–Crippen MR) is 100 cm³/mol. The summed E-state index contributed by atoms with van der Waals surface area (Å²) in [7, 11) is 1.54. The average Bonchev–Trinajstić information content (AvgIpc) is 3.07. The SMILES string of the molecule is COc1ccccc1-n1ccc(C)c(C(=O)NCCn2cc(C)nn2)c1=O. The fraction of sp³-hybridized carbons (Fsp3) is 0.263. The summed E-state index contributed by atoms with van der Waals surface area (Å²) in [6.45, 7) is 4.39. The summed E-state index contributed by atoms with van der Waals surface area (Å²) < 4.78 is 8.38. The Morgan fingerprint density at radius 2 is 2.00 bits per heavy atom. The third-order valence-electron chi connectivity index (χ3n) is 4.15. The normalized spacial score (nSPS) is 10.6. The molecule has 8 nitrogen and oxygen atoms in total. The van der Waals surface area contributed by atoms with E-state index in [0.717, 1.165) is 5.69 Å². The lowest BCUT2D eigenvalue weighted by Crippen LogP contribution is -2.35. The number of carbonyl (C=O) groups is 1. The van der Waals surface area contributed by atoms with Gasteiger partial charge in [-0.25, -0.2) is 0 Å². The number of ether oxygens (including phenoxy) is 1. The Bertz CT molecular complexity index is 1020. The van der Waals surface area contributed by atoms with Crippen LogP contribution in [0, 0.1) is 13.8 Å². The lowest BCUT2D eigenvalue weighted by molar-refractivity contribution is 0.0949. The van der Waals surface area contributed by atoms with Crippen LogP contribution in [0.1, 0.15) is 21.6 Å². The van der Waals surface area contributed by atoms with Crippen molar-refractivity contribution in [2.24, 2.45) is 0 Å². The van der Waals surface area contributed by atoms with Crippen molar-refractivity contribution in [2.45, 2.75) is 20.4 Å². The van der Waals surface area contributed by atoms with E-state index >= 15 is 0 Å². The smallest absolute Gasteiger partial charge is 0.268 e. The molecular weight excluding hydrogens is 346 g/mol. The highest BCUT2D eigenvalue weighted by atomic mass is 16.5. The topological polar surface area (TPSA) is 91.0 Å². The predicted octanol–water partition coefficient (Wildman–Crippen LogP) is 1.48. The van der Waals surface area contributed by atoms with E-state index in [1.807, 2.05) is 19.1 Å². The Labute approximate surface area is 156 Å². The summed E-state index contributed by atoms with van der Waals surface area (Å²) in [6.07, 6.45) is 3.43. The molecule has 0 saturated carbocycles. The van der Waals surface area contributed by atoms with Crippen molar-refractivity contribution in [3.8, 4) is 11.4 Å². The minimum atomic E-state index is -0.418. The van der Waals surface area contributed by atoms with Crippen LogP contribution >= 0.6 is 0 Å². The van der Waals surface area contributed by atoms with E-state index in [1.165, 1.54) is 11.7 Å². The van der Waals surface area contributed by atoms with E-state index < -0.39 is 11.5 Å². The Morgan fingerprint density at radius 3 is 2.70 bits per heavy atom. The molecule has 0 aliphatic rings. The van der Waals surface area contributed by atoms with Gasteiger partial charge in [-0.1, -0.05) is 17.3 Å². The molecule has 0 radical (unpaired) electrons. The fourth-order valence-electron chi connectivity index (χ4n) is 2.80. The van der Waals surface area contributed by atoms with Gasteiger partial charge in [0.25, 0.3) is 11.5 Å². The zero-order chi connectivity index (χ0) is 19.4. The highest BCUT2D eigenvalue weighted by molar-refractivity contribution is 5.95. The monoisotopic (exact) mass is 367 g/mol. The van der Waals surface area contributed by atoms with Gasteiger partial charge in [-0.2, -0.15) is 0 Å². The number of amides is 1. The van der Waals surface area contributed by atoms with Gasteiger partial charge in [-0.05, 0) is 37.6 Å². The van der Waals surface area contributed by atoms with Crippen LogP contribution in [0.3, 0.4) is 0 Å². The van der Waals surface area contributed by atoms with Crippen molar-refractivity contribution < 1.29 is 9.53 Å². The molecule has 0 spiro atoms. The number of hydrogen-bond acceptors (Lipinski definition) is 5. The summed E-state index contributed by atoms with van der Waals surface area (Å²) in [5, 5.41) is 10.6. The van der Waals surface area contributed by atoms with Crippen LogP contribution in [0.4, 0.5) is 0 Å². The van der Waals surface area contributed by atoms with Gasteiger partial charge in [0.15, 0.2) is 0 Å². The van der Waals surface area contributed by atoms with Gasteiger partial charge in [-0.15, -0.1) is 5.10 Å². The van der Waals surface area contributed by atoms with Gasteiger partial charge in [0, 0.05) is 18.9 Å². The van der Waals surface area contributed by atoms with Gasteiger partial charge < -0.3 is 10.1 Å². The van der Waals surface area contributed by atoms with E-state index in [-0.39, 0.29) is 5.56 Å². The van der Waals surface area contributed by atoms with E-state index in [1.54, 1.807) is 42.2 Å². The molecule has 0 unspecified atom stereocenters. The fourth-order valence-corrected chi connectivity index (χ4v) is 2.80. The second-order valence-corrected chi connectivity index (χ2v) is 6.10. The lowest BCUT2D eigenvalue weighted by atomic mass is 10.1. The maximum absolute atomic E-state index is 13.0. The van der Waals surface area contributed by atoms with Gasteiger partial charge >= 0.3 is 0 Å². The number of hydrogen-bond donors (Lipinski definition) is 1. The van der Waals surface area contributed by atoms with Crippen molar-refractivity contribution in [3.05, 3.63) is 69.9 Å². The van der Waals surface area contributed by atoms with Crippen molar-refractivity contribution in [3.63, 3.8) is 0 Å². The van der Waals surface area contributed by atoms with Crippen molar-refractivity contribution >= 4 is 5.91 Å². The molecule has 3 rings (SSSR count). The van der Waals surface area contributed by atoms with Crippen molar-refractivity contribution in [2.75, 3.05) is 13.7 Å². The first-order chi connectivity index (χ1) is 13.0. The molecule has 2 aromatic heterocycles. The highest BCUT2D eigenvalue weighted by Gasteiger charge is 2.17. The summed E-state index contributed by atoms with van der Waals surface area (Å²) in [6, 6.07) is 8.90. The Balaban J connectivity index is 1.84. The molecule has 1 N–H and O–H groups in total. The number of methoxy groups -OCH3 is 1. The molecule has 8 heteroatoms. The molecule has 0 bridgehead atoms. The maximum atomic E-state index is 13.0. The lowest BCUT2D eigenvalue weighted by Gasteiger charge is -2.13. The molecule has 0 aliphatic heterocycles. The number of aromatic nitrogens is 4. The van der Waals surface area contributed by atoms with Gasteiger partial charge in [0.2, 0.25) is 0 Å². The first-order valence-electron chi connectivity index (χ1n) is 8.52. The van der Waals surface area contributed by atoms with Crippen LogP contribution in [-0.4, -0.2) is 39.1 Å². The second kappa shape index (κ2) is 7.86. The zero-order valence-corrected chi connectivity index (χ0v) is 15.5. The molecule has 1 aromatic carbocycles. The molecule has 140 valence electrons. The number of carbonyl (C=O) groups excluding carboxylic acids is 1.